The lowest BCUT2D eigenvalue weighted by Gasteiger charge is -2.34. The molecule has 9 nitrogen and oxygen atoms in total. The zero-order chi connectivity index (χ0) is 19.6. The molecule has 1 heterocycles. The van der Waals surface area contributed by atoms with Gasteiger partial charge in [-0.2, -0.15) is 0 Å². The van der Waals surface area contributed by atoms with Crippen LogP contribution in [0.3, 0.4) is 0 Å². The van der Waals surface area contributed by atoms with Gasteiger partial charge in [-0.05, 0) is 6.92 Å². The quantitative estimate of drug-likeness (QED) is 0.291. The monoisotopic (exact) mass is 375 g/mol. The first-order valence-corrected chi connectivity index (χ1v) is 9.49. The molecule has 0 aromatic carbocycles. The Bertz CT molecular complexity index is 329. The summed E-state index contributed by atoms with van der Waals surface area (Å²) in [6.07, 6.45) is 0. The van der Waals surface area contributed by atoms with Gasteiger partial charge in [0.05, 0.1) is 19.9 Å². The minimum Gasteiger partial charge on any atom is -0.370 e. The minimum atomic E-state index is -0.185. The Morgan fingerprint density at radius 1 is 0.885 bits per heavy atom. The van der Waals surface area contributed by atoms with E-state index in [2.05, 4.69) is 20.4 Å². The van der Waals surface area contributed by atoms with Gasteiger partial charge in [-0.1, -0.05) is 13.8 Å². The highest BCUT2D eigenvalue weighted by molar-refractivity contribution is 5.77. The molecule has 1 saturated heterocycles. The number of hydrogen-bond donors (Lipinski definition) is 3. The van der Waals surface area contributed by atoms with E-state index >= 15 is 0 Å². The number of ether oxygens (including phenoxy) is 2. The topological polar surface area (TPSA) is 109 Å². The van der Waals surface area contributed by atoms with Crippen LogP contribution in [0.25, 0.3) is 0 Å². The van der Waals surface area contributed by atoms with Gasteiger partial charge in [-0.25, -0.2) is 0 Å². The van der Waals surface area contributed by atoms with E-state index in [4.69, 9.17) is 15.2 Å². The first kappa shape index (κ1) is 24.7. The summed E-state index contributed by atoms with van der Waals surface area (Å²) in [5.41, 5.74) is 5.21. The number of amides is 2. The van der Waals surface area contributed by atoms with Crippen molar-refractivity contribution in [3.63, 3.8) is 0 Å². The van der Waals surface area contributed by atoms with Gasteiger partial charge >= 0.3 is 0 Å². The second-order valence-electron chi connectivity index (χ2n) is 5.55. The third kappa shape index (κ3) is 13.0. The van der Waals surface area contributed by atoms with E-state index in [1.54, 1.807) is 0 Å². The molecule has 0 atom stereocenters. The molecule has 0 aromatic rings. The SMILES string of the molecule is CC.CCNC(=O)COCCN1CCN(CCOCC(=O)NCN)CC1. The van der Waals surface area contributed by atoms with Crippen LogP contribution in [0.4, 0.5) is 0 Å². The molecule has 0 bridgehead atoms. The van der Waals surface area contributed by atoms with Crippen molar-refractivity contribution in [2.45, 2.75) is 20.8 Å². The average Bonchev–Trinajstić information content (AvgIpc) is 2.65. The number of carbonyl (C=O) groups excluding carboxylic acids is 2. The largest absolute Gasteiger partial charge is 0.370 e. The molecule has 0 spiro atoms. The normalized spacial score (nSPS) is 15.1. The molecule has 9 heteroatoms. The summed E-state index contributed by atoms with van der Waals surface area (Å²) in [7, 11) is 0. The van der Waals surface area contributed by atoms with Gasteiger partial charge in [-0.3, -0.25) is 19.4 Å². The summed E-state index contributed by atoms with van der Waals surface area (Å²) < 4.78 is 10.7. The van der Waals surface area contributed by atoms with Gasteiger partial charge in [0.2, 0.25) is 11.8 Å². The van der Waals surface area contributed by atoms with Crippen LogP contribution in [0.1, 0.15) is 20.8 Å². The standard InChI is InChI=1S/C15H31N5O4.C2H6/c1-2-17-14(21)11-23-9-7-19-3-5-20(6-4-19)8-10-24-12-15(22)18-13-16;1-2/h2-13,16H2,1H3,(H,17,21)(H,18,22);1-2H3. The predicted molar refractivity (Wildman–Crippen MR) is 102 cm³/mol. The van der Waals surface area contributed by atoms with Crippen LogP contribution in [0.15, 0.2) is 0 Å². The summed E-state index contributed by atoms with van der Waals surface area (Å²) in [5, 5.41) is 5.19. The Balaban J connectivity index is 0.00000301. The van der Waals surface area contributed by atoms with Crippen LogP contribution >= 0.6 is 0 Å². The van der Waals surface area contributed by atoms with E-state index in [1.807, 2.05) is 20.8 Å². The maximum atomic E-state index is 11.2. The highest BCUT2D eigenvalue weighted by Gasteiger charge is 2.16. The average molecular weight is 376 g/mol. The highest BCUT2D eigenvalue weighted by atomic mass is 16.5. The van der Waals surface area contributed by atoms with E-state index in [0.717, 1.165) is 39.3 Å². The van der Waals surface area contributed by atoms with Crippen LogP contribution in [0.5, 0.6) is 0 Å². The van der Waals surface area contributed by atoms with Gasteiger partial charge in [0.1, 0.15) is 13.2 Å². The van der Waals surface area contributed by atoms with Gasteiger partial charge in [-0.15, -0.1) is 0 Å². The number of hydrogen-bond acceptors (Lipinski definition) is 7. The number of nitrogens with zero attached hydrogens (tertiary/aromatic N) is 2. The van der Waals surface area contributed by atoms with Crippen LogP contribution < -0.4 is 16.4 Å². The zero-order valence-electron chi connectivity index (χ0n) is 16.6. The molecule has 4 N–H and O–H groups in total. The molecule has 2 amide bonds. The van der Waals surface area contributed by atoms with Crippen molar-refractivity contribution >= 4 is 11.8 Å². The molecular formula is C17H37N5O4. The lowest BCUT2D eigenvalue weighted by atomic mass is 10.3. The second-order valence-corrected chi connectivity index (χ2v) is 5.55. The molecule has 0 unspecified atom stereocenters. The van der Waals surface area contributed by atoms with E-state index in [1.165, 1.54) is 0 Å². The third-order valence-electron chi connectivity index (χ3n) is 3.71. The minimum absolute atomic E-state index is 0.0557. The summed E-state index contributed by atoms with van der Waals surface area (Å²) in [4.78, 5) is 27.0. The predicted octanol–water partition coefficient (Wildman–Crippen LogP) is -1.17. The van der Waals surface area contributed by atoms with Gasteiger partial charge in [0.15, 0.2) is 0 Å². The molecule has 26 heavy (non-hydrogen) atoms. The Morgan fingerprint density at radius 3 is 1.69 bits per heavy atom. The summed E-state index contributed by atoms with van der Waals surface area (Å²) in [5.74, 6) is -0.252. The van der Waals surface area contributed by atoms with Crippen LogP contribution in [-0.2, 0) is 19.1 Å². The molecule has 154 valence electrons. The molecular weight excluding hydrogens is 338 g/mol. The number of rotatable bonds is 12. The number of carbonyl (C=O) groups is 2. The molecule has 1 fully saturated rings. The Hall–Kier alpha value is -1.26. The van der Waals surface area contributed by atoms with Gasteiger partial charge in [0.25, 0.3) is 0 Å². The van der Waals surface area contributed by atoms with Crippen molar-refractivity contribution in [2.75, 3.05) is 78.9 Å². The summed E-state index contributed by atoms with van der Waals surface area (Å²) in [6, 6.07) is 0. The third-order valence-corrected chi connectivity index (χ3v) is 3.71. The lowest BCUT2D eigenvalue weighted by Crippen LogP contribution is -2.48. The van der Waals surface area contributed by atoms with Gasteiger partial charge < -0.3 is 25.8 Å². The fourth-order valence-corrected chi connectivity index (χ4v) is 2.37. The first-order valence-electron chi connectivity index (χ1n) is 9.49. The van der Waals surface area contributed by atoms with Gasteiger partial charge in [0, 0.05) is 45.8 Å². The fraction of sp³-hybridized carbons (Fsp3) is 0.882. The van der Waals surface area contributed by atoms with Crippen molar-refractivity contribution in [3.05, 3.63) is 0 Å². The molecule has 1 aliphatic heterocycles. The number of piperazine rings is 1. The molecule has 0 aromatic heterocycles. The van der Waals surface area contributed by atoms with Crippen LogP contribution in [0.2, 0.25) is 0 Å². The number of nitrogens with two attached hydrogens (primary N) is 1. The van der Waals surface area contributed by atoms with E-state index < -0.39 is 0 Å². The fourth-order valence-electron chi connectivity index (χ4n) is 2.37. The van der Waals surface area contributed by atoms with Crippen LogP contribution in [0, 0.1) is 0 Å². The van der Waals surface area contributed by atoms with Crippen molar-refractivity contribution in [1.29, 1.82) is 0 Å². The molecule has 1 aliphatic rings. The lowest BCUT2D eigenvalue weighted by molar-refractivity contribution is -0.126. The molecule has 0 radical (unpaired) electrons. The van der Waals surface area contributed by atoms with Crippen LogP contribution in [-0.4, -0.2) is 101 Å². The Kier molecular flexibility index (Phi) is 16.3. The first-order chi connectivity index (χ1) is 12.7. The Labute approximate surface area is 157 Å². The van der Waals surface area contributed by atoms with Crippen molar-refractivity contribution < 1.29 is 19.1 Å². The van der Waals surface area contributed by atoms with Crippen molar-refractivity contribution in [2.24, 2.45) is 5.73 Å². The number of likely N-dealkylation sites (N-methyl/N-ethyl adjacent to an activating group) is 1. The second kappa shape index (κ2) is 17.2. The maximum Gasteiger partial charge on any atom is 0.246 e. The Morgan fingerprint density at radius 2 is 1.31 bits per heavy atom. The molecule has 0 aliphatic carbocycles. The van der Waals surface area contributed by atoms with Crippen molar-refractivity contribution in [1.82, 2.24) is 20.4 Å². The number of nitrogens with one attached hydrogen (secondary N) is 2. The maximum absolute atomic E-state index is 11.2. The van der Waals surface area contributed by atoms with E-state index in [0.29, 0.717) is 19.8 Å². The molecule has 1 rings (SSSR count). The zero-order valence-corrected chi connectivity index (χ0v) is 16.6. The van der Waals surface area contributed by atoms with E-state index in [9.17, 15) is 9.59 Å². The van der Waals surface area contributed by atoms with E-state index in [-0.39, 0.29) is 31.7 Å². The van der Waals surface area contributed by atoms with Crippen molar-refractivity contribution in [3.8, 4) is 0 Å². The summed E-state index contributed by atoms with van der Waals surface area (Å²) >= 11 is 0. The highest BCUT2D eigenvalue weighted by Crippen LogP contribution is 2.01. The molecule has 0 saturated carbocycles. The summed E-state index contributed by atoms with van der Waals surface area (Å²) in [6.45, 7) is 13.5. The smallest absolute Gasteiger partial charge is 0.246 e.